The molecule has 0 bridgehead atoms. The zero-order chi connectivity index (χ0) is 15.4. The topological polar surface area (TPSA) is 50.8 Å². The van der Waals surface area contributed by atoms with Crippen LogP contribution in [0.4, 0.5) is 0 Å². The number of carbonyl (C=O) groups is 1. The molecule has 1 fully saturated rings. The fourth-order valence-corrected chi connectivity index (χ4v) is 2.29. The standard InChI is InChI=1S/C16H24N2O3/c1-11-7-14(20-3)15(21-4)8-12(11)9-18(2)10-16(19)17-13-5-6-13/h7-8,13H,5-6,9-10H2,1-4H3,(H,17,19). The maximum Gasteiger partial charge on any atom is 0.234 e. The Morgan fingerprint density at radius 3 is 2.48 bits per heavy atom. The Balaban J connectivity index is 1.98. The molecule has 0 atom stereocenters. The van der Waals surface area contributed by atoms with Gasteiger partial charge >= 0.3 is 0 Å². The lowest BCUT2D eigenvalue weighted by Crippen LogP contribution is -2.36. The van der Waals surface area contributed by atoms with Gasteiger partial charge in [-0.25, -0.2) is 0 Å². The molecule has 1 aliphatic carbocycles. The van der Waals surface area contributed by atoms with Crippen molar-refractivity contribution in [1.82, 2.24) is 10.2 Å². The van der Waals surface area contributed by atoms with Crippen LogP contribution >= 0.6 is 0 Å². The minimum atomic E-state index is 0.0955. The van der Waals surface area contributed by atoms with Gasteiger partial charge in [0.2, 0.25) is 5.91 Å². The quantitative estimate of drug-likeness (QED) is 0.831. The molecular weight excluding hydrogens is 268 g/mol. The molecule has 0 aliphatic heterocycles. The van der Waals surface area contributed by atoms with Gasteiger partial charge in [-0.15, -0.1) is 0 Å². The highest BCUT2D eigenvalue weighted by atomic mass is 16.5. The molecule has 2 rings (SSSR count). The normalized spacial score (nSPS) is 14.1. The molecule has 1 N–H and O–H groups in total. The molecule has 21 heavy (non-hydrogen) atoms. The molecule has 0 heterocycles. The van der Waals surface area contributed by atoms with Gasteiger partial charge in [-0.2, -0.15) is 0 Å². The van der Waals surface area contributed by atoms with E-state index >= 15 is 0 Å². The Kier molecular flexibility index (Phi) is 5.07. The second kappa shape index (κ2) is 6.80. The van der Waals surface area contributed by atoms with Crippen LogP contribution in [-0.2, 0) is 11.3 Å². The van der Waals surface area contributed by atoms with Crippen molar-refractivity contribution in [2.45, 2.75) is 32.4 Å². The first-order valence-corrected chi connectivity index (χ1v) is 7.23. The molecule has 0 spiro atoms. The van der Waals surface area contributed by atoms with Crippen molar-refractivity contribution in [2.24, 2.45) is 0 Å². The molecule has 5 heteroatoms. The van der Waals surface area contributed by atoms with Gasteiger partial charge in [0, 0.05) is 12.6 Å². The first-order valence-electron chi connectivity index (χ1n) is 7.23. The van der Waals surface area contributed by atoms with Gasteiger partial charge < -0.3 is 14.8 Å². The molecule has 0 radical (unpaired) electrons. The van der Waals surface area contributed by atoms with E-state index in [9.17, 15) is 4.79 Å². The third kappa shape index (κ3) is 4.36. The second-order valence-electron chi connectivity index (χ2n) is 5.65. The van der Waals surface area contributed by atoms with Gasteiger partial charge in [0.1, 0.15) is 0 Å². The van der Waals surface area contributed by atoms with E-state index in [0.717, 1.165) is 29.7 Å². The Morgan fingerprint density at radius 2 is 1.90 bits per heavy atom. The van der Waals surface area contributed by atoms with E-state index in [0.29, 0.717) is 24.9 Å². The van der Waals surface area contributed by atoms with Gasteiger partial charge in [-0.1, -0.05) is 0 Å². The molecular formula is C16H24N2O3. The van der Waals surface area contributed by atoms with Crippen LogP contribution in [0.15, 0.2) is 12.1 Å². The van der Waals surface area contributed by atoms with E-state index in [2.05, 4.69) is 5.32 Å². The lowest BCUT2D eigenvalue weighted by Gasteiger charge is -2.19. The number of likely N-dealkylation sites (N-methyl/N-ethyl adjacent to an activating group) is 1. The van der Waals surface area contributed by atoms with Crippen molar-refractivity contribution >= 4 is 5.91 Å². The summed E-state index contributed by atoms with van der Waals surface area (Å²) in [7, 11) is 5.21. The zero-order valence-electron chi connectivity index (χ0n) is 13.2. The lowest BCUT2D eigenvalue weighted by atomic mass is 10.1. The molecule has 5 nitrogen and oxygen atoms in total. The van der Waals surface area contributed by atoms with E-state index < -0.39 is 0 Å². The molecule has 1 amide bonds. The Morgan fingerprint density at radius 1 is 1.29 bits per heavy atom. The molecule has 116 valence electrons. The zero-order valence-corrected chi connectivity index (χ0v) is 13.2. The van der Waals surface area contributed by atoms with Gasteiger partial charge in [-0.05, 0) is 50.1 Å². The summed E-state index contributed by atoms with van der Waals surface area (Å²) in [4.78, 5) is 13.8. The third-order valence-corrected chi connectivity index (χ3v) is 3.64. The summed E-state index contributed by atoms with van der Waals surface area (Å²) in [6.45, 7) is 3.14. The van der Waals surface area contributed by atoms with Crippen LogP contribution in [0.3, 0.4) is 0 Å². The van der Waals surface area contributed by atoms with E-state index in [1.807, 2.05) is 31.0 Å². The van der Waals surface area contributed by atoms with E-state index in [4.69, 9.17) is 9.47 Å². The average molecular weight is 292 g/mol. The van der Waals surface area contributed by atoms with Crippen molar-refractivity contribution in [1.29, 1.82) is 0 Å². The number of hydrogen-bond donors (Lipinski definition) is 1. The van der Waals surface area contributed by atoms with Crippen molar-refractivity contribution in [3.8, 4) is 11.5 Å². The fourth-order valence-electron chi connectivity index (χ4n) is 2.29. The number of ether oxygens (including phenoxy) is 2. The minimum Gasteiger partial charge on any atom is -0.493 e. The highest BCUT2D eigenvalue weighted by Gasteiger charge is 2.23. The Bertz CT molecular complexity index is 512. The first-order chi connectivity index (χ1) is 10.0. The summed E-state index contributed by atoms with van der Waals surface area (Å²) < 4.78 is 10.6. The molecule has 1 saturated carbocycles. The summed E-state index contributed by atoms with van der Waals surface area (Å²) >= 11 is 0. The minimum absolute atomic E-state index is 0.0955. The van der Waals surface area contributed by atoms with E-state index in [1.165, 1.54) is 0 Å². The largest absolute Gasteiger partial charge is 0.493 e. The van der Waals surface area contributed by atoms with Crippen LogP contribution < -0.4 is 14.8 Å². The smallest absolute Gasteiger partial charge is 0.234 e. The molecule has 0 unspecified atom stereocenters. The predicted molar refractivity (Wildman–Crippen MR) is 81.8 cm³/mol. The Hall–Kier alpha value is -1.75. The van der Waals surface area contributed by atoms with Gasteiger partial charge in [0.25, 0.3) is 0 Å². The molecule has 1 aliphatic rings. The highest BCUT2D eigenvalue weighted by molar-refractivity contribution is 5.78. The van der Waals surface area contributed by atoms with Crippen LogP contribution in [0.25, 0.3) is 0 Å². The Labute approximate surface area is 126 Å². The monoisotopic (exact) mass is 292 g/mol. The number of nitrogens with zero attached hydrogens (tertiary/aromatic N) is 1. The second-order valence-corrected chi connectivity index (χ2v) is 5.65. The summed E-state index contributed by atoms with van der Waals surface area (Å²) in [5, 5.41) is 3.00. The number of methoxy groups -OCH3 is 2. The summed E-state index contributed by atoms with van der Waals surface area (Å²) in [6, 6.07) is 4.35. The van der Waals surface area contributed by atoms with Gasteiger partial charge in [0.15, 0.2) is 11.5 Å². The number of benzene rings is 1. The van der Waals surface area contributed by atoms with Crippen LogP contribution in [0.1, 0.15) is 24.0 Å². The van der Waals surface area contributed by atoms with Crippen LogP contribution in [0, 0.1) is 6.92 Å². The summed E-state index contributed by atoms with van der Waals surface area (Å²) in [5.41, 5.74) is 2.26. The van der Waals surface area contributed by atoms with Crippen molar-refractivity contribution in [2.75, 3.05) is 27.8 Å². The number of aryl methyl sites for hydroxylation is 1. The fraction of sp³-hybridized carbons (Fsp3) is 0.562. The molecule has 1 aromatic carbocycles. The summed E-state index contributed by atoms with van der Waals surface area (Å²) in [5.74, 6) is 1.54. The first kappa shape index (κ1) is 15.6. The van der Waals surface area contributed by atoms with E-state index in [-0.39, 0.29) is 5.91 Å². The van der Waals surface area contributed by atoms with Crippen molar-refractivity contribution in [3.63, 3.8) is 0 Å². The van der Waals surface area contributed by atoms with Crippen molar-refractivity contribution in [3.05, 3.63) is 23.3 Å². The van der Waals surface area contributed by atoms with E-state index in [1.54, 1.807) is 14.2 Å². The SMILES string of the molecule is COc1cc(C)c(CN(C)CC(=O)NC2CC2)cc1OC. The number of amides is 1. The number of carbonyl (C=O) groups excluding carboxylic acids is 1. The van der Waals surface area contributed by atoms with Crippen LogP contribution in [0.2, 0.25) is 0 Å². The maximum atomic E-state index is 11.8. The predicted octanol–water partition coefficient (Wildman–Crippen LogP) is 1.72. The van der Waals surface area contributed by atoms with Crippen LogP contribution in [0.5, 0.6) is 11.5 Å². The lowest BCUT2D eigenvalue weighted by molar-refractivity contribution is -0.122. The van der Waals surface area contributed by atoms with Crippen LogP contribution in [-0.4, -0.2) is 44.7 Å². The number of hydrogen-bond acceptors (Lipinski definition) is 4. The highest BCUT2D eigenvalue weighted by Crippen LogP contribution is 2.30. The van der Waals surface area contributed by atoms with Gasteiger partial charge in [0.05, 0.1) is 20.8 Å². The number of nitrogens with one attached hydrogen (secondary N) is 1. The third-order valence-electron chi connectivity index (χ3n) is 3.64. The molecule has 0 aromatic heterocycles. The summed E-state index contributed by atoms with van der Waals surface area (Å²) in [6.07, 6.45) is 2.23. The molecule has 0 saturated heterocycles. The van der Waals surface area contributed by atoms with Gasteiger partial charge in [-0.3, -0.25) is 9.69 Å². The average Bonchev–Trinajstić information content (AvgIpc) is 3.24. The maximum absolute atomic E-state index is 11.8. The molecule has 1 aromatic rings. The van der Waals surface area contributed by atoms with Crippen molar-refractivity contribution < 1.29 is 14.3 Å². The number of rotatable bonds is 7.